The van der Waals surface area contributed by atoms with Gasteiger partial charge in [0.05, 0.1) is 12.3 Å². The number of nitrogens with one attached hydrogen (secondary N) is 1. The molecule has 1 aromatic rings. The Bertz CT molecular complexity index is 238. The number of carbonyl (C=O) groups is 1. The van der Waals surface area contributed by atoms with Crippen LogP contribution < -0.4 is 11.5 Å². The number of amides is 2. The zero-order valence-corrected chi connectivity index (χ0v) is 6.90. The molecule has 74 valence electrons. The van der Waals surface area contributed by atoms with E-state index in [1.807, 2.05) is 0 Å². The van der Waals surface area contributed by atoms with Gasteiger partial charge in [-0.2, -0.15) is 0 Å². The number of rotatable bonds is 2. The minimum atomic E-state index is -0.833. The van der Waals surface area contributed by atoms with Crippen LogP contribution >= 0.6 is 0 Å². The number of imidazole rings is 1. The van der Waals surface area contributed by atoms with Gasteiger partial charge in [-0.05, 0) is 0 Å². The van der Waals surface area contributed by atoms with Gasteiger partial charge in [-0.25, -0.2) is 9.78 Å². The van der Waals surface area contributed by atoms with Crippen LogP contribution in [0.4, 0.5) is 4.79 Å². The summed E-state index contributed by atoms with van der Waals surface area (Å²) in [6, 6.07) is -0.833. The summed E-state index contributed by atoms with van der Waals surface area (Å²) in [6.45, 7) is -0.198. The molecule has 7 heteroatoms. The number of carbonyl (C=O) groups excluding carboxylic acids is 1. The summed E-state index contributed by atoms with van der Waals surface area (Å²) in [4.78, 5) is 15.5. The SMILES string of the molecule is NC(N)=O.OCc1c[nH]c(CO)n1. The van der Waals surface area contributed by atoms with Gasteiger partial charge in [0.25, 0.3) is 0 Å². The third-order valence-corrected chi connectivity index (χ3v) is 0.996. The second-order valence-corrected chi connectivity index (χ2v) is 2.06. The molecule has 0 bridgehead atoms. The Labute approximate surface area is 74.4 Å². The van der Waals surface area contributed by atoms with Gasteiger partial charge in [-0.15, -0.1) is 0 Å². The molecule has 13 heavy (non-hydrogen) atoms. The number of urea groups is 1. The fourth-order valence-corrected chi connectivity index (χ4v) is 0.567. The molecule has 0 aromatic carbocycles. The molecule has 2 amide bonds. The normalized spacial score (nSPS) is 8.77. The van der Waals surface area contributed by atoms with Crippen molar-refractivity contribution in [1.29, 1.82) is 0 Å². The van der Waals surface area contributed by atoms with Crippen LogP contribution in [-0.4, -0.2) is 26.2 Å². The summed E-state index contributed by atoms with van der Waals surface area (Å²) >= 11 is 0. The summed E-state index contributed by atoms with van der Waals surface area (Å²) in [5.41, 5.74) is 9.05. The maximum atomic E-state index is 9.00. The Morgan fingerprint density at radius 2 is 2.00 bits per heavy atom. The molecule has 0 fully saturated rings. The molecule has 0 spiro atoms. The minimum absolute atomic E-state index is 0.0868. The van der Waals surface area contributed by atoms with Crippen molar-refractivity contribution in [2.45, 2.75) is 13.2 Å². The molecular formula is C6H12N4O3. The van der Waals surface area contributed by atoms with E-state index in [-0.39, 0.29) is 13.2 Å². The van der Waals surface area contributed by atoms with Gasteiger partial charge >= 0.3 is 6.03 Å². The number of hydrogen-bond acceptors (Lipinski definition) is 4. The third kappa shape index (κ3) is 5.65. The number of nitrogens with zero attached hydrogens (tertiary/aromatic N) is 1. The summed E-state index contributed by atoms with van der Waals surface area (Å²) in [6.07, 6.45) is 1.56. The van der Waals surface area contributed by atoms with Crippen LogP contribution in [0.15, 0.2) is 6.20 Å². The second-order valence-electron chi connectivity index (χ2n) is 2.06. The molecule has 7 nitrogen and oxygen atoms in total. The molecule has 0 saturated heterocycles. The number of primary amides is 2. The van der Waals surface area contributed by atoms with Crippen LogP contribution in [0, 0.1) is 0 Å². The van der Waals surface area contributed by atoms with Gasteiger partial charge in [0.1, 0.15) is 12.4 Å². The first-order valence-corrected chi connectivity index (χ1v) is 3.40. The lowest BCUT2D eigenvalue weighted by Gasteiger charge is -1.82. The van der Waals surface area contributed by atoms with E-state index in [0.717, 1.165) is 0 Å². The van der Waals surface area contributed by atoms with E-state index in [9.17, 15) is 0 Å². The molecule has 0 unspecified atom stereocenters. The molecule has 1 aromatic heterocycles. The van der Waals surface area contributed by atoms with Gasteiger partial charge in [0.15, 0.2) is 0 Å². The number of aromatic amines is 1. The summed E-state index contributed by atoms with van der Waals surface area (Å²) < 4.78 is 0. The van der Waals surface area contributed by atoms with E-state index >= 15 is 0 Å². The van der Waals surface area contributed by atoms with Crippen molar-refractivity contribution >= 4 is 6.03 Å². The van der Waals surface area contributed by atoms with Crippen molar-refractivity contribution in [2.24, 2.45) is 11.5 Å². The first-order valence-electron chi connectivity index (χ1n) is 3.40. The van der Waals surface area contributed by atoms with E-state index in [1.165, 1.54) is 0 Å². The zero-order valence-electron chi connectivity index (χ0n) is 6.90. The Morgan fingerprint density at radius 1 is 1.46 bits per heavy atom. The minimum Gasteiger partial charge on any atom is -0.390 e. The molecule has 1 heterocycles. The van der Waals surface area contributed by atoms with Crippen molar-refractivity contribution in [2.75, 3.05) is 0 Å². The molecule has 7 N–H and O–H groups in total. The first kappa shape index (κ1) is 11.4. The third-order valence-electron chi connectivity index (χ3n) is 0.996. The molecule has 0 radical (unpaired) electrons. The van der Waals surface area contributed by atoms with Crippen LogP contribution in [0.25, 0.3) is 0 Å². The second kappa shape index (κ2) is 5.98. The molecule has 0 atom stereocenters. The topological polar surface area (TPSA) is 138 Å². The van der Waals surface area contributed by atoms with Gasteiger partial charge in [0, 0.05) is 6.20 Å². The first-order chi connectivity index (χ1) is 6.10. The van der Waals surface area contributed by atoms with Crippen molar-refractivity contribution in [3.05, 3.63) is 17.7 Å². The van der Waals surface area contributed by atoms with Gasteiger partial charge < -0.3 is 26.7 Å². The van der Waals surface area contributed by atoms with Crippen LogP contribution in [-0.2, 0) is 13.2 Å². The molecule has 0 aliphatic rings. The summed E-state index contributed by atoms with van der Waals surface area (Å²) in [5.74, 6) is 0.485. The maximum absolute atomic E-state index is 9.00. The van der Waals surface area contributed by atoms with E-state index in [2.05, 4.69) is 21.4 Å². The average Bonchev–Trinajstić information content (AvgIpc) is 2.50. The number of aromatic nitrogens is 2. The number of aliphatic hydroxyl groups excluding tert-OH is 2. The molecule has 1 rings (SSSR count). The lowest BCUT2D eigenvalue weighted by atomic mass is 10.5. The highest BCUT2D eigenvalue weighted by atomic mass is 16.3. The van der Waals surface area contributed by atoms with Crippen LogP contribution in [0.1, 0.15) is 11.5 Å². The predicted molar refractivity (Wildman–Crippen MR) is 44.2 cm³/mol. The van der Waals surface area contributed by atoms with Crippen molar-refractivity contribution in [3.8, 4) is 0 Å². The number of hydrogen-bond donors (Lipinski definition) is 5. The zero-order chi connectivity index (χ0) is 10.3. The highest BCUT2D eigenvalue weighted by Gasteiger charge is 1.95. The fraction of sp³-hybridized carbons (Fsp3) is 0.333. The predicted octanol–water partition coefficient (Wildman–Crippen LogP) is -1.58. The standard InChI is InChI=1S/C5H8N2O2.CH4N2O/c8-2-4-1-6-5(3-9)7-4;2-1(3)4/h1,8-9H,2-3H2,(H,6,7);(H4,2,3,4). The van der Waals surface area contributed by atoms with Crippen molar-refractivity contribution < 1.29 is 15.0 Å². The van der Waals surface area contributed by atoms with Gasteiger partial charge in [-0.1, -0.05) is 0 Å². The molecule has 0 saturated carbocycles. The smallest absolute Gasteiger partial charge is 0.309 e. The number of nitrogens with two attached hydrogens (primary N) is 2. The van der Waals surface area contributed by atoms with Crippen LogP contribution in [0.5, 0.6) is 0 Å². The Morgan fingerprint density at radius 3 is 2.23 bits per heavy atom. The van der Waals surface area contributed by atoms with E-state index in [4.69, 9.17) is 15.0 Å². The van der Waals surface area contributed by atoms with Crippen molar-refractivity contribution in [1.82, 2.24) is 9.97 Å². The fourth-order valence-electron chi connectivity index (χ4n) is 0.567. The largest absolute Gasteiger partial charge is 0.390 e. The average molecular weight is 188 g/mol. The van der Waals surface area contributed by atoms with E-state index in [0.29, 0.717) is 11.5 Å². The highest BCUT2D eigenvalue weighted by Crippen LogP contribution is 1.94. The molecule has 0 aliphatic heterocycles. The highest BCUT2D eigenvalue weighted by molar-refractivity contribution is 5.69. The number of H-pyrrole nitrogens is 1. The lowest BCUT2D eigenvalue weighted by molar-refractivity contribution is 0.256. The lowest BCUT2D eigenvalue weighted by Crippen LogP contribution is -2.18. The molecule has 0 aliphatic carbocycles. The Kier molecular flexibility index (Phi) is 5.24. The maximum Gasteiger partial charge on any atom is 0.309 e. The number of aliphatic hydroxyl groups is 2. The van der Waals surface area contributed by atoms with Crippen molar-refractivity contribution in [3.63, 3.8) is 0 Å². The quantitative estimate of drug-likeness (QED) is 0.382. The Balaban J connectivity index is 0.000000310. The summed E-state index contributed by atoms with van der Waals surface area (Å²) in [7, 11) is 0. The Hall–Kier alpha value is -1.60. The monoisotopic (exact) mass is 188 g/mol. The van der Waals surface area contributed by atoms with E-state index in [1.54, 1.807) is 6.20 Å². The van der Waals surface area contributed by atoms with Gasteiger partial charge in [-0.3, -0.25) is 0 Å². The summed E-state index contributed by atoms with van der Waals surface area (Å²) in [5, 5.41) is 17.0. The van der Waals surface area contributed by atoms with Crippen LogP contribution in [0.3, 0.4) is 0 Å². The molecular weight excluding hydrogens is 176 g/mol. The van der Waals surface area contributed by atoms with E-state index < -0.39 is 6.03 Å². The van der Waals surface area contributed by atoms with Gasteiger partial charge in [0.2, 0.25) is 0 Å². The van der Waals surface area contributed by atoms with Crippen LogP contribution in [0.2, 0.25) is 0 Å².